The molecule has 2 N–H and O–H groups in total. The van der Waals surface area contributed by atoms with Crippen LogP contribution in [0.4, 0.5) is 4.79 Å². The second kappa shape index (κ2) is 10.7. The summed E-state index contributed by atoms with van der Waals surface area (Å²) in [4.78, 5) is 28.7. The van der Waals surface area contributed by atoms with E-state index in [4.69, 9.17) is 4.74 Å². The summed E-state index contributed by atoms with van der Waals surface area (Å²) in [5.74, 6) is -0.336. The van der Waals surface area contributed by atoms with Gasteiger partial charge in [0, 0.05) is 42.5 Å². The van der Waals surface area contributed by atoms with Crippen molar-refractivity contribution in [3.8, 4) is 5.00 Å². The maximum atomic E-state index is 12.9. The number of aromatic nitrogens is 1. The molecule has 1 aromatic carbocycles. The number of carbonyl (C=O) groups is 2. The maximum Gasteiger partial charge on any atom is 0.315 e. The highest BCUT2D eigenvalue weighted by molar-refractivity contribution is 7.14. The number of urea groups is 1. The number of likely N-dealkylation sites (N-methyl/N-ethyl adjacent to an activating group) is 1. The zero-order valence-electron chi connectivity index (χ0n) is 19.0. The summed E-state index contributed by atoms with van der Waals surface area (Å²) < 4.78 is 7.22. The molecule has 1 aliphatic heterocycles. The number of hydrogen-bond acceptors (Lipinski definition) is 5. The van der Waals surface area contributed by atoms with E-state index in [1.54, 1.807) is 18.3 Å². The number of thiophene rings is 1. The highest BCUT2D eigenvalue weighted by atomic mass is 32.1. The Kier molecular flexibility index (Phi) is 7.47. The average Bonchev–Trinajstić information content (AvgIpc) is 3.45. The van der Waals surface area contributed by atoms with Gasteiger partial charge in [-0.25, -0.2) is 4.79 Å². The first-order valence-corrected chi connectivity index (χ1v) is 12.1. The van der Waals surface area contributed by atoms with Crippen LogP contribution in [-0.4, -0.2) is 41.7 Å². The quantitative estimate of drug-likeness (QED) is 0.492. The van der Waals surface area contributed by atoms with E-state index < -0.39 is 6.04 Å². The molecule has 2 amide bonds. The normalized spacial score (nSPS) is 14.4. The van der Waals surface area contributed by atoms with Crippen LogP contribution in [-0.2, 0) is 29.0 Å². The van der Waals surface area contributed by atoms with Gasteiger partial charge in [0.2, 0.25) is 0 Å². The second-order valence-electron chi connectivity index (χ2n) is 8.17. The van der Waals surface area contributed by atoms with E-state index in [0.29, 0.717) is 13.2 Å². The Morgan fingerprint density at radius 2 is 1.91 bits per heavy atom. The number of nitrogens with zero attached hydrogens (tertiary/aromatic N) is 2. The Hall–Kier alpha value is -3.10. The molecule has 174 valence electrons. The lowest BCUT2D eigenvalue weighted by molar-refractivity contribution is -0.143. The minimum atomic E-state index is -0.459. The fourth-order valence-electron chi connectivity index (χ4n) is 4.15. The van der Waals surface area contributed by atoms with Crippen LogP contribution < -0.4 is 10.6 Å². The van der Waals surface area contributed by atoms with Gasteiger partial charge in [-0.2, -0.15) is 0 Å². The predicted molar refractivity (Wildman–Crippen MR) is 129 cm³/mol. The molecule has 1 aliphatic rings. The van der Waals surface area contributed by atoms with Crippen LogP contribution in [0.25, 0.3) is 5.00 Å². The highest BCUT2D eigenvalue weighted by Crippen LogP contribution is 2.35. The van der Waals surface area contributed by atoms with Crippen LogP contribution in [0.5, 0.6) is 0 Å². The van der Waals surface area contributed by atoms with Gasteiger partial charge < -0.3 is 24.8 Å². The molecule has 0 radical (unpaired) electrons. The Morgan fingerprint density at radius 1 is 1.15 bits per heavy atom. The van der Waals surface area contributed by atoms with Crippen molar-refractivity contribution in [2.75, 3.05) is 20.2 Å². The number of rotatable bonds is 8. The third-order valence-corrected chi connectivity index (χ3v) is 7.06. The topological polar surface area (TPSA) is 75.6 Å². The van der Waals surface area contributed by atoms with Gasteiger partial charge in [-0.3, -0.25) is 4.79 Å². The summed E-state index contributed by atoms with van der Waals surface area (Å²) >= 11 is 1.79. The van der Waals surface area contributed by atoms with Gasteiger partial charge >= 0.3 is 12.0 Å². The van der Waals surface area contributed by atoms with Crippen molar-refractivity contribution < 1.29 is 14.3 Å². The Morgan fingerprint density at radius 3 is 2.64 bits per heavy atom. The summed E-state index contributed by atoms with van der Waals surface area (Å²) in [6.07, 6.45) is 5.13. The van der Waals surface area contributed by atoms with Crippen LogP contribution >= 0.6 is 11.3 Å². The fourth-order valence-corrected chi connectivity index (χ4v) is 5.56. The lowest BCUT2D eigenvalue weighted by Gasteiger charge is -2.23. The molecule has 2 aromatic heterocycles. The molecule has 0 fully saturated rings. The van der Waals surface area contributed by atoms with Crippen LogP contribution in [0.1, 0.15) is 41.0 Å². The number of ether oxygens (including phenoxy) is 1. The molecular weight excluding hydrogens is 436 g/mol. The Bertz CT molecular complexity index is 1080. The van der Waals surface area contributed by atoms with E-state index in [2.05, 4.69) is 27.1 Å². The lowest BCUT2D eigenvalue weighted by Crippen LogP contribution is -2.39. The number of benzene rings is 1. The van der Waals surface area contributed by atoms with Crippen LogP contribution in [0.3, 0.4) is 0 Å². The summed E-state index contributed by atoms with van der Waals surface area (Å²) in [6, 6.07) is 12.8. The van der Waals surface area contributed by atoms with Gasteiger partial charge in [0.25, 0.3) is 0 Å². The molecule has 4 rings (SSSR count). The molecule has 7 nitrogen and oxygen atoms in total. The molecule has 3 heterocycles. The minimum Gasteiger partial charge on any atom is -0.466 e. The van der Waals surface area contributed by atoms with E-state index in [-0.39, 0.29) is 18.4 Å². The first kappa shape index (κ1) is 23.1. The van der Waals surface area contributed by atoms with Gasteiger partial charge in [0.15, 0.2) is 0 Å². The zero-order chi connectivity index (χ0) is 23.2. The summed E-state index contributed by atoms with van der Waals surface area (Å²) in [5, 5.41) is 7.14. The van der Waals surface area contributed by atoms with E-state index in [1.165, 1.54) is 10.4 Å². The number of hydrogen-bond donors (Lipinski definition) is 2. The van der Waals surface area contributed by atoms with Crippen molar-refractivity contribution in [3.63, 3.8) is 0 Å². The van der Waals surface area contributed by atoms with Crippen molar-refractivity contribution in [2.24, 2.45) is 0 Å². The number of nitrogens with one attached hydrogen (secondary N) is 2. The number of carbonyl (C=O) groups excluding carboxylic acids is 2. The standard InChI is InChI=1S/C25H30N4O3S/c1-3-32-23(30)15-21(18-9-5-4-6-10-18)27-25(31)26-16-20-19-11-14-28(2)17-22(19)33-24(20)29-12-7-8-13-29/h4-10,12-13,21H,3,11,14-17H2,1-2H3,(H2,26,27,31)/t21-/m1/s1. The molecule has 1 atom stereocenters. The van der Waals surface area contributed by atoms with Gasteiger partial charge in [-0.1, -0.05) is 30.3 Å². The monoisotopic (exact) mass is 466 g/mol. The van der Waals surface area contributed by atoms with Gasteiger partial charge in [0.05, 0.1) is 19.1 Å². The number of fused-ring (bicyclic) bond motifs is 1. The summed E-state index contributed by atoms with van der Waals surface area (Å²) in [5.41, 5.74) is 3.37. The second-order valence-corrected chi connectivity index (χ2v) is 9.25. The van der Waals surface area contributed by atoms with E-state index in [9.17, 15) is 9.59 Å². The molecule has 8 heteroatoms. The SMILES string of the molecule is CCOC(=O)C[C@@H](NC(=O)NCc1c(-n2cccc2)sc2c1CCN(C)C2)c1ccccc1. The smallest absolute Gasteiger partial charge is 0.315 e. The first-order chi connectivity index (χ1) is 16.0. The van der Waals surface area contributed by atoms with E-state index in [0.717, 1.165) is 35.6 Å². The van der Waals surface area contributed by atoms with Crippen molar-refractivity contribution in [1.82, 2.24) is 20.1 Å². The zero-order valence-corrected chi connectivity index (χ0v) is 19.9. The molecule has 0 unspecified atom stereocenters. The number of esters is 1. The lowest BCUT2D eigenvalue weighted by atomic mass is 10.0. The molecule has 0 saturated heterocycles. The predicted octanol–water partition coefficient (Wildman–Crippen LogP) is 4.02. The van der Waals surface area contributed by atoms with Crippen molar-refractivity contribution in [2.45, 2.75) is 38.9 Å². The molecule has 0 aliphatic carbocycles. The van der Waals surface area contributed by atoms with Crippen LogP contribution in [0.15, 0.2) is 54.9 Å². The fraction of sp³-hybridized carbons (Fsp3) is 0.360. The summed E-state index contributed by atoms with van der Waals surface area (Å²) in [7, 11) is 2.14. The largest absolute Gasteiger partial charge is 0.466 e. The van der Waals surface area contributed by atoms with Gasteiger partial charge in [-0.05, 0) is 43.7 Å². The van der Waals surface area contributed by atoms with Crippen molar-refractivity contribution >= 4 is 23.3 Å². The molecule has 0 bridgehead atoms. The molecule has 0 spiro atoms. The van der Waals surface area contributed by atoms with E-state index >= 15 is 0 Å². The highest BCUT2D eigenvalue weighted by Gasteiger charge is 2.24. The molecule has 33 heavy (non-hydrogen) atoms. The van der Waals surface area contributed by atoms with Crippen molar-refractivity contribution in [3.05, 3.63) is 76.4 Å². The van der Waals surface area contributed by atoms with E-state index in [1.807, 2.05) is 54.9 Å². The first-order valence-electron chi connectivity index (χ1n) is 11.3. The molecule has 3 aromatic rings. The summed E-state index contributed by atoms with van der Waals surface area (Å²) in [6.45, 7) is 4.44. The average molecular weight is 467 g/mol. The van der Waals surface area contributed by atoms with Crippen molar-refractivity contribution in [1.29, 1.82) is 0 Å². The third-order valence-electron chi connectivity index (χ3n) is 5.78. The Balaban J connectivity index is 1.49. The van der Waals surface area contributed by atoms with Crippen LogP contribution in [0.2, 0.25) is 0 Å². The molecule has 0 saturated carbocycles. The number of amides is 2. The van der Waals surface area contributed by atoms with Gasteiger partial charge in [0.1, 0.15) is 5.00 Å². The van der Waals surface area contributed by atoms with Crippen LogP contribution in [0, 0.1) is 0 Å². The Labute approximate surface area is 198 Å². The molecular formula is C25H30N4O3S. The third kappa shape index (κ3) is 5.64. The minimum absolute atomic E-state index is 0.0834. The maximum absolute atomic E-state index is 12.9. The van der Waals surface area contributed by atoms with Gasteiger partial charge in [-0.15, -0.1) is 11.3 Å².